The molecule has 0 unspecified atom stereocenters. The maximum atomic E-state index is 9.73. The average molecular weight is 236 g/mol. The summed E-state index contributed by atoms with van der Waals surface area (Å²) in [6.07, 6.45) is 0.615. The second kappa shape index (κ2) is 4.72. The summed E-state index contributed by atoms with van der Waals surface area (Å²) in [5, 5.41) is 9.88. The molecule has 0 amide bonds. The van der Waals surface area contributed by atoms with Gasteiger partial charge in [-0.1, -0.05) is 56.9 Å². The van der Waals surface area contributed by atoms with Crippen LogP contribution in [0.1, 0.15) is 25.8 Å². The Balaban J connectivity index is 3.16. The van der Waals surface area contributed by atoms with Crippen LogP contribution in [0.3, 0.4) is 0 Å². The maximum Gasteiger partial charge on any atom is 0.0554 e. The zero-order valence-electron chi connectivity index (χ0n) is 11.1. The van der Waals surface area contributed by atoms with E-state index in [9.17, 15) is 5.11 Å². The lowest BCUT2D eigenvalue weighted by molar-refractivity contribution is 0.167. The van der Waals surface area contributed by atoms with Gasteiger partial charge in [0.2, 0.25) is 0 Å². The highest BCUT2D eigenvalue weighted by molar-refractivity contribution is 6.79. The topological polar surface area (TPSA) is 20.2 Å². The Labute approximate surface area is 101 Å². The van der Waals surface area contributed by atoms with Crippen LogP contribution in [0.4, 0.5) is 0 Å². The number of benzene rings is 1. The molecule has 1 aromatic rings. The van der Waals surface area contributed by atoms with Crippen molar-refractivity contribution in [1.82, 2.24) is 0 Å². The number of aliphatic hydroxyl groups is 1. The third-order valence-electron chi connectivity index (χ3n) is 3.77. The molecule has 0 heterocycles. The van der Waals surface area contributed by atoms with E-state index in [0.29, 0.717) is 0 Å². The second-order valence-electron chi connectivity index (χ2n) is 6.00. The van der Waals surface area contributed by atoms with Gasteiger partial charge in [-0.15, -0.1) is 0 Å². The monoisotopic (exact) mass is 236 g/mol. The first-order chi connectivity index (χ1) is 7.27. The van der Waals surface area contributed by atoms with Crippen molar-refractivity contribution in [2.24, 2.45) is 0 Å². The quantitative estimate of drug-likeness (QED) is 0.792. The van der Waals surface area contributed by atoms with E-state index < -0.39 is 8.07 Å². The molecule has 0 bridgehead atoms. The Hall–Kier alpha value is -0.603. The van der Waals surface area contributed by atoms with Crippen molar-refractivity contribution in [3.05, 3.63) is 35.9 Å². The molecule has 2 atom stereocenters. The van der Waals surface area contributed by atoms with Crippen molar-refractivity contribution in [1.29, 1.82) is 0 Å². The van der Waals surface area contributed by atoms with Crippen molar-refractivity contribution < 1.29 is 5.11 Å². The summed E-state index contributed by atoms with van der Waals surface area (Å²) in [6, 6.07) is 10.6. The van der Waals surface area contributed by atoms with Gasteiger partial charge in [0.1, 0.15) is 0 Å². The smallest absolute Gasteiger partial charge is 0.0554 e. The zero-order chi connectivity index (χ0) is 12.4. The summed E-state index contributed by atoms with van der Waals surface area (Å²) >= 11 is 0. The van der Waals surface area contributed by atoms with Gasteiger partial charge in [0.15, 0.2) is 0 Å². The first kappa shape index (κ1) is 13.5. The van der Waals surface area contributed by atoms with Crippen molar-refractivity contribution in [3.8, 4) is 0 Å². The lowest BCUT2D eigenvalue weighted by Crippen LogP contribution is -2.48. The molecule has 1 rings (SSSR count). The second-order valence-corrected chi connectivity index (χ2v) is 11.6. The SMILES string of the molecule is C[C@H](O)C[C@@](C)(c1ccccc1)[Si](C)(C)C. The number of aliphatic hydroxyl groups excluding tert-OH is 1. The molecule has 0 aromatic heterocycles. The van der Waals surface area contributed by atoms with Gasteiger partial charge in [0, 0.05) is 0 Å². The zero-order valence-corrected chi connectivity index (χ0v) is 12.1. The Bertz CT molecular complexity index is 326. The average Bonchev–Trinajstić information content (AvgIpc) is 2.16. The molecule has 0 aliphatic heterocycles. The highest BCUT2D eigenvalue weighted by Gasteiger charge is 2.40. The van der Waals surface area contributed by atoms with E-state index in [1.165, 1.54) is 5.56 Å². The van der Waals surface area contributed by atoms with E-state index in [-0.39, 0.29) is 11.1 Å². The Morgan fingerprint density at radius 3 is 2.06 bits per heavy atom. The van der Waals surface area contributed by atoms with E-state index in [2.05, 4.69) is 56.9 Å². The largest absolute Gasteiger partial charge is 0.393 e. The van der Waals surface area contributed by atoms with Gasteiger partial charge >= 0.3 is 0 Å². The van der Waals surface area contributed by atoms with E-state index in [4.69, 9.17) is 0 Å². The van der Waals surface area contributed by atoms with Gasteiger partial charge in [-0.25, -0.2) is 0 Å². The van der Waals surface area contributed by atoms with Gasteiger partial charge in [0.05, 0.1) is 14.2 Å². The fourth-order valence-electron chi connectivity index (χ4n) is 2.25. The van der Waals surface area contributed by atoms with Crippen LogP contribution in [0.25, 0.3) is 0 Å². The highest BCUT2D eigenvalue weighted by atomic mass is 28.3. The molecule has 0 fully saturated rings. The van der Waals surface area contributed by atoms with Gasteiger partial charge in [-0.2, -0.15) is 0 Å². The van der Waals surface area contributed by atoms with Crippen LogP contribution in [0.2, 0.25) is 19.6 Å². The molecule has 16 heavy (non-hydrogen) atoms. The van der Waals surface area contributed by atoms with E-state index in [1.54, 1.807) is 0 Å². The predicted octanol–water partition coefficient (Wildman–Crippen LogP) is 3.59. The third kappa shape index (κ3) is 2.74. The summed E-state index contributed by atoms with van der Waals surface area (Å²) < 4.78 is 0. The van der Waals surface area contributed by atoms with Crippen molar-refractivity contribution in [2.75, 3.05) is 0 Å². The molecule has 1 N–H and O–H groups in total. The van der Waals surface area contributed by atoms with Gasteiger partial charge in [0.25, 0.3) is 0 Å². The Morgan fingerprint density at radius 1 is 1.19 bits per heavy atom. The molecule has 0 aliphatic rings. The molecule has 2 heteroatoms. The third-order valence-corrected chi connectivity index (χ3v) is 7.57. The highest BCUT2D eigenvalue weighted by Crippen LogP contribution is 2.38. The van der Waals surface area contributed by atoms with E-state index in [0.717, 1.165) is 6.42 Å². The normalized spacial score (nSPS) is 17.9. The lowest BCUT2D eigenvalue weighted by Gasteiger charge is -2.42. The summed E-state index contributed by atoms with van der Waals surface area (Å²) in [4.78, 5) is 0. The van der Waals surface area contributed by atoms with Crippen LogP contribution in [-0.2, 0) is 5.04 Å². The Morgan fingerprint density at radius 2 is 1.69 bits per heavy atom. The first-order valence-corrected chi connectivity index (χ1v) is 9.51. The van der Waals surface area contributed by atoms with Crippen LogP contribution in [-0.4, -0.2) is 19.3 Å². The summed E-state index contributed by atoms with van der Waals surface area (Å²) in [6.45, 7) is 11.3. The van der Waals surface area contributed by atoms with Crippen LogP contribution in [0.15, 0.2) is 30.3 Å². The summed E-state index contributed by atoms with van der Waals surface area (Å²) in [5.74, 6) is 0. The predicted molar refractivity (Wildman–Crippen MR) is 73.4 cm³/mol. The van der Waals surface area contributed by atoms with Crippen LogP contribution >= 0.6 is 0 Å². The molecule has 1 nitrogen and oxygen atoms in total. The minimum Gasteiger partial charge on any atom is -0.393 e. The molecule has 0 saturated heterocycles. The van der Waals surface area contributed by atoms with Crippen molar-refractivity contribution in [3.63, 3.8) is 0 Å². The molecule has 0 aliphatic carbocycles. The lowest BCUT2D eigenvalue weighted by atomic mass is 9.94. The van der Waals surface area contributed by atoms with Crippen LogP contribution in [0.5, 0.6) is 0 Å². The first-order valence-electron chi connectivity index (χ1n) is 6.01. The van der Waals surface area contributed by atoms with Crippen molar-refractivity contribution >= 4 is 8.07 Å². The standard InChI is InChI=1S/C14H24OSi/c1-12(15)11-14(2,16(3,4)5)13-9-7-6-8-10-13/h6-10,12,15H,11H2,1-5H3/t12-,14-/m0/s1. The minimum absolute atomic E-state index is 0.141. The molecular weight excluding hydrogens is 212 g/mol. The molecular formula is C14H24OSi. The van der Waals surface area contributed by atoms with Crippen LogP contribution < -0.4 is 0 Å². The fourth-order valence-corrected chi connectivity index (χ4v) is 4.19. The summed E-state index contributed by atoms with van der Waals surface area (Å²) in [5.41, 5.74) is 1.37. The molecule has 1 aromatic carbocycles. The Kier molecular flexibility index (Phi) is 3.97. The van der Waals surface area contributed by atoms with Crippen molar-refractivity contribution in [2.45, 2.75) is 51.1 Å². The van der Waals surface area contributed by atoms with Gasteiger partial charge < -0.3 is 5.11 Å². The number of hydrogen-bond donors (Lipinski definition) is 1. The molecule has 0 saturated carbocycles. The minimum atomic E-state index is -1.37. The molecule has 90 valence electrons. The fraction of sp³-hybridized carbons (Fsp3) is 0.571. The number of hydrogen-bond acceptors (Lipinski definition) is 1. The van der Waals surface area contributed by atoms with Gasteiger partial charge in [-0.3, -0.25) is 0 Å². The van der Waals surface area contributed by atoms with Gasteiger partial charge in [-0.05, 0) is 23.9 Å². The van der Waals surface area contributed by atoms with Crippen LogP contribution in [0, 0.1) is 0 Å². The maximum absolute atomic E-state index is 9.73. The number of rotatable bonds is 4. The van der Waals surface area contributed by atoms with E-state index >= 15 is 0 Å². The molecule has 0 radical (unpaired) electrons. The van der Waals surface area contributed by atoms with E-state index in [1.807, 2.05) is 6.92 Å². The molecule has 0 spiro atoms. The summed E-state index contributed by atoms with van der Waals surface area (Å²) in [7, 11) is -1.37.